The largest absolute Gasteiger partial charge is 0.478 e. The molecule has 0 saturated carbocycles. The normalized spacial score (nSPS) is 30.5. The van der Waals surface area contributed by atoms with Crippen LogP contribution in [-0.4, -0.2) is 39.5 Å². The predicted octanol–water partition coefficient (Wildman–Crippen LogP) is 0.907. The fourth-order valence-corrected chi connectivity index (χ4v) is 2.58. The van der Waals surface area contributed by atoms with Crippen LogP contribution in [0.15, 0.2) is 12.3 Å². The van der Waals surface area contributed by atoms with Gasteiger partial charge in [-0.15, -0.1) is 5.10 Å². The van der Waals surface area contributed by atoms with E-state index in [1.165, 1.54) is 12.3 Å². The Bertz CT molecular complexity index is 451. The maximum absolute atomic E-state index is 11.0. The molecule has 1 aromatic rings. The van der Waals surface area contributed by atoms with Crippen molar-refractivity contribution in [1.82, 2.24) is 10.2 Å². The molecule has 2 aliphatic heterocycles. The van der Waals surface area contributed by atoms with E-state index in [1.54, 1.807) is 0 Å². The highest BCUT2D eigenvalue weighted by Gasteiger charge is 2.41. The summed E-state index contributed by atoms with van der Waals surface area (Å²) in [5, 5.41) is 19.7. The number of carboxylic acid groups (broad SMARTS) is 1. The molecule has 0 spiro atoms. The Labute approximate surface area is 98.0 Å². The molecule has 3 atom stereocenters. The molecule has 2 fully saturated rings. The Kier molecular flexibility index (Phi) is 2.44. The van der Waals surface area contributed by atoms with Gasteiger partial charge < -0.3 is 15.2 Å². The molecule has 90 valence electrons. The minimum absolute atomic E-state index is 0.155. The SMILES string of the molecule is O=C(O)c1ccnnc1NC1CC2CCC1O2. The zero-order valence-corrected chi connectivity index (χ0v) is 9.17. The van der Waals surface area contributed by atoms with Crippen LogP contribution < -0.4 is 5.32 Å². The van der Waals surface area contributed by atoms with Crippen molar-refractivity contribution >= 4 is 11.8 Å². The summed E-state index contributed by atoms with van der Waals surface area (Å²) in [5.41, 5.74) is 0.155. The maximum atomic E-state index is 11.0. The third-order valence-electron chi connectivity index (χ3n) is 3.38. The van der Waals surface area contributed by atoms with Gasteiger partial charge in [0.2, 0.25) is 0 Å². The topological polar surface area (TPSA) is 84.3 Å². The summed E-state index contributed by atoms with van der Waals surface area (Å²) in [4.78, 5) is 11.0. The first-order valence-corrected chi connectivity index (χ1v) is 5.71. The smallest absolute Gasteiger partial charge is 0.339 e. The van der Waals surface area contributed by atoms with E-state index in [0.29, 0.717) is 11.9 Å². The van der Waals surface area contributed by atoms with Crippen molar-refractivity contribution in [2.45, 2.75) is 37.5 Å². The number of fused-ring (bicyclic) bond motifs is 2. The fraction of sp³-hybridized carbons (Fsp3) is 0.545. The molecule has 3 unspecified atom stereocenters. The molecule has 2 saturated heterocycles. The van der Waals surface area contributed by atoms with Crippen molar-refractivity contribution in [3.05, 3.63) is 17.8 Å². The van der Waals surface area contributed by atoms with Crippen molar-refractivity contribution in [3.63, 3.8) is 0 Å². The molecule has 17 heavy (non-hydrogen) atoms. The number of hydrogen-bond acceptors (Lipinski definition) is 5. The first-order valence-electron chi connectivity index (χ1n) is 5.71. The third-order valence-corrected chi connectivity index (χ3v) is 3.38. The summed E-state index contributed by atoms with van der Waals surface area (Å²) < 4.78 is 5.70. The van der Waals surface area contributed by atoms with Crippen LogP contribution in [0, 0.1) is 0 Å². The monoisotopic (exact) mass is 235 g/mol. The lowest BCUT2D eigenvalue weighted by Gasteiger charge is -2.20. The number of nitrogens with zero attached hydrogens (tertiary/aromatic N) is 2. The van der Waals surface area contributed by atoms with Gasteiger partial charge in [-0.2, -0.15) is 5.10 Å². The van der Waals surface area contributed by atoms with Crippen LogP contribution in [-0.2, 0) is 4.74 Å². The van der Waals surface area contributed by atoms with Crippen LogP contribution in [0.3, 0.4) is 0 Å². The lowest BCUT2D eigenvalue weighted by Crippen LogP contribution is -2.31. The summed E-state index contributed by atoms with van der Waals surface area (Å²) in [6.07, 6.45) is 4.94. The lowest BCUT2D eigenvalue weighted by atomic mass is 9.95. The van der Waals surface area contributed by atoms with Gasteiger partial charge in [-0.25, -0.2) is 4.79 Å². The minimum Gasteiger partial charge on any atom is -0.478 e. The summed E-state index contributed by atoms with van der Waals surface area (Å²) in [6, 6.07) is 1.61. The maximum Gasteiger partial charge on any atom is 0.339 e. The molecular formula is C11H13N3O3. The van der Waals surface area contributed by atoms with Crippen molar-refractivity contribution < 1.29 is 14.6 Å². The number of carboxylic acids is 1. The van der Waals surface area contributed by atoms with Gasteiger partial charge in [-0.1, -0.05) is 0 Å². The number of hydrogen-bond donors (Lipinski definition) is 2. The molecule has 0 aliphatic carbocycles. The molecule has 6 nitrogen and oxygen atoms in total. The number of anilines is 1. The predicted molar refractivity (Wildman–Crippen MR) is 58.9 cm³/mol. The van der Waals surface area contributed by atoms with Gasteiger partial charge in [0.25, 0.3) is 0 Å². The quantitative estimate of drug-likeness (QED) is 0.810. The van der Waals surface area contributed by atoms with Crippen molar-refractivity contribution in [2.75, 3.05) is 5.32 Å². The Morgan fingerprint density at radius 1 is 1.53 bits per heavy atom. The van der Waals surface area contributed by atoms with E-state index in [2.05, 4.69) is 15.5 Å². The summed E-state index contributed by atoms with van der Waals surface area (Å²) >= 11 is 0. The second-order valence-electron chi connectivity index (χ2n) is 4.46. The Morgan fingerprint density at radius 2 is 2.41 bits per heavy atom. The number of nitrogens with one attached hydrogen (secondary N) is 1. The zero-order valence-electron chi connectivity index (χ0n) is 9.17. The number of aromatic carboxylic acids is 1. The minimum atomic E-state index is -0.994. The number of rotatable bonds is 3. The zero-order chi connectivity index (χ0) is 11.8. The van der Waals surface area contributed by atoms with Gasteiger partial charge in [0.15, 0.2) is 5.82 Å². The third kappa shape index (κ3) is 1.84. The molecule has 2 N–H and O–H groups in total. The van der Waals surface area contributed by atoms with Crippen molar-refractivity contribution in [1.29, 1.82) is 0 Å². The number of ether oxygens (including phenoxy) is 1. The van der Waals surface area contributed by atoms with Gasteiger partial charge >= 0.3 is 5.97 Å². The van der Waals surface area contributed by atoms with Crippen LogP contribution in [0.25, 0.3) is 0 Å². The standard InChI is InChI=1S/C11H13N3O3/c15-11(16)7-3-4-12-14-10(7)13-8-5-6-1-2-9(8)17-6/h3-4,6,8-9H,1-2,5H2,(H,13,14)(H,15,16). The van der Waals surface area contributed by atoms with Gasteiger partial charge in [-0.05, 0) is 25.3 Å². The van der Waals surface area contributed by atoms with Crippen LogP contribution in [0.4, 0.5) is 5.82 Å². The molecule has 0 radical (unpaired) electrons. The van der Waals surface area contributed by atoms with E-state index in [1.807, 2.05) is 0 Å². The highest BCUT2D eigenvalue weighted by atomic mass is 16.5. The van der Waals surface area contributed by atoms with E-state index in [-0.39, 0.29) is 17.7 Å². The molecular weight excluding hydrogens is 222 g/mol. The van der Waals surface area contributed by atoms with E-state index in [4.69, 9.17) is 9.84 Å². The molecule has 2 aliphatic rings. The molecule has 0 aromatic carbocycles. The molecule has 2 bridgehead atoms. The van der Waals surface area contributed by atoms with E-state index in [9.17, 15) is 4.79 Å². The van der Waals surface area contributed by atoms with Crippen LogP contribution >= 0.6 is 0 Å². The highest BCUT2D eigenvalue weighted by Crippen LogP contribution is 2.35. The molecule has 1 aromatic heterocycles. The van der Waals surface area contributed by atoms with E-state index < -0.39 is 5.97 Å². The number of carbonyl (C=O) groups is 1. The van der Waals surface area contributed by atoms with Gasteiger partial charge in [0.1, 0.15) is 5.56 Å². The average molecular weight is 235 g/mol. The lowest BCUT2D eigenvalue weighted by molar-refractivity contribution is 0.0697. The summed E-state index contributed by atoms with van der Waals surface area (Å²) in [5.74, 6) is -0.660. The molecule has 0 amide bonds. The molecule has 6 heteroatoms. The van der Waals surface area contributed by atoms with Crippen LogP contribution in [0.2, 0.25) is 0 Å². The molecule has 3 heterocycles. The van der Waals surface area contributed by atoms with Crippen LogP contribution in [0.1, 0.15) is 29.6 Å². The van der Waals surface area contributed by atoms with Gasteiger partial charge in [0.05, 0.1) is 24.4 Å². The van der Waals surface area contributed by atoms with E-state index >= 15 is 0 Å². The second kappa shape index (κ2) is 3.96. The van der Waals surface area contributed by atoms with Gasteiger partial charge in [0, 0.05) is 0 Å². The second-order valence-corrected chi connectivity index (χ2v) is 4.46. The van der Waals surface area contributed by atoms with Crippen LogP contribution in [0.5, 0.6) is 0 Å². The van der Waals surface area contributed by atoms with Crippen molar-refractivity contribution in [3.8, 4) is 0 Å². The fourth-order valence-electron chi connectivity index (χ4n) is 2.58. The van der Waals surface area contributed by atoms with Crippen molar-refractivity contribution in [2.24, 2.45) is 0 Å². The first-order chi connectivity index (χ1) is 8.24. The Morgan fingerprint density at radius 3 is 3.06 bits per heavy atom. The Balaban J connectivity index is 1.79. The summed E-state index contributed by atoms with van der Waals surface area (Å²) in [6.45, 7) is 0. The van der Waals surface area contributed by atoms with E-state index in [0.717, 1.165) is 19.3 Å². The first kappa shape index (κ1) is 10.5. The Hall–Kier alpha value is -1.69. The average Bonchev–Trinajstić information content (AvgIpc) is 2.91. The summed E-state index contributed by atoms with van der Waals surface area (Å²) in [7, 11) is 0. The number of aromatic nitrogens is 2. The highest BCUT2D eigenvalue weighted by molar-refractivity contribution is 5.92. The van der Waals surface area contributed by atoms with Gasteiger partial charge in [-0.3, -0.25) is 0 Å². The molecule has 3 rings (SSSR count).